The molecule has 2 rings (SSSR count). The van der Waals surface area contributed by atoms with E-state index in [1.807, 2.05) is 12.2 Å². The van der Waals surface area contributed by atoms with Crippen LogP contribution in [0.5, 0.6) is 0 Å². The number of carbonyl (C=O) groups excluding carboxylic acids is 1. The Hall–Kier alpha value is -1.06. The summed E-state index contributed by atoms with van der Waals surface area (Å²) in [5, 5.41) is 3.11. The molecule has 0 aromatic carbocycles. The highest BCUT2D eigenvalue weighted by atomic mass is 79.9. The predicted molar refractivity (Wildman–Crippen MR) is 55.5 cm³/mol. The zero-order valence-electron chi connectivity index (χ0n) is 7.35. The van der Waals surface area contributed by atoms with Crippen molar-refractivity contribution in [3.63, 3.8) is 0 Å². The minimum Gasteiger partial charge on any atom is -0.292 e. The third kappa shape index (κ3) is 1.74. The maximum absolute atomic E-state index is 11.2. The predicted octanol–water partition coefficient (Wildman–Crippen LogP) is 3.07. The quantitative estimate of drug-likeness (QED) is 0.424. The van der Waals surface area contributed by atoms with Crippen molar-refractivity contribution < 1.29 is 4.79 Å². The molecule has 0 unspecified atom stereocenters. The first-order chi connectivity index (χ1) is 6.72. The summed E-state index contributed by atoms with van der Waals surface area (Å²) in [7, 11) is 0. The number of hydrogen-bond donors (Lipinski definition) is 0. The summed E-state index contributed by atoms with van der Waals surface area (Å²) in [4.78, 5) is 13.7. The fraction of sp³-hybridized carbons (Fsp3) is 0.444. The van der Waals surface area contributed by atoms with Crippen molar-refractivity contribution in [2.75, 3.05) is 0 Å². The first kappa shape index (κ1) is 9.49. The van der Waals surface area contributed by atoms with Gasteiger partial charge in [-0.2, -0.15) is 0 Å². The summed E-state index contributed by atoms with van der Waals surface area (Å²) in [6, 6.07) is 0. The SMILES string of the molecule is [N-]=[N+]=NC(=O)[C@H]1C[C@@H]1C1=CC=C(Br)C1. The lowest BCUT2D eigenvalue weighted by molar-refractivity contribution is -0.119. The third-order valence-corrected chi connectivity index (χ3v) is 3.12. The maximum Gasteiger partial charge on any atom is 0.222 e. The zero-order valence-corrected chi connectivity index (χ0v) is 8.94. The van der Waals surface area contributed by atoms with Crippen molar-refractivity contribution in [2.24, 2.45) is 17.0 Å². The largest absolute Gasteiger partial charge is 0.292 e. The minimum absolute atomic E-state index is 0.0658. The molecule has 5 heteroatoms. The molecular weight excluding hydrogens is 246 g/mol. The van der Waals surface area contributed by atoms with Crippen LogP contribution in [0.4, 0.5) is 0 Å². The summed E-state index contributed by atoms with van der Waals surface area (Å²) in [6.45, 7) is 0. The van der Waals surface area contributed by atoms with Gasteiger partial charge >= 0.3 is 0 Å². The Labute approximate surface area is 89.4 Å². The lowest BCUT2D eigenvalue weighted by atomic mass is 10.1. The number of hydrogen-bond acceptors (Lipinski definition) is 1. The first-order valence-electron chi connectivity index (χ1n) is 4.36. The Bertz CT molecular complexity index is 393. The molecule has 72 valence electrons. The van der Waals surface area contributed by atoms with E-state index in [1.165, 1.54) is 5.57 Å². The van der Waals surface area contributed by atoms with E-state index in [9.17, 15) is 4.79 Å². The van der Waals surface area contributed by atoms with Crippen molar-refractivity contribution in [3.05, 3.63) is 32.7 Å². The average molecular weight is 254 g/mol. The maximum atomic E-state index is 11.2. The minimum atomic E-state index is -0.318. The second-order valence-corrected chi connectivity index (χ2v) is 4.53. The van der Waals surface area contributed by atoms with Crippen LogP contribution < -0.4 is 0 Å². The van der Waals surface area contributed by atoms with Crippen LogP contribution in [0.15, 0.2) is 27.3 Å². The standard InChI is InChI=1S/C9H8BrN3O/c10-6-2-1-5(3-6)7-4-8(7)9(14)12-13-11/h1-2,7-8H,3-4H2/t7-,8+/m1/s1. The van der Waals surface area contributed by atoms with Crippen LogP contribution in [0.1, 0.15) is 12.8 Å². The Kier molecular flexibility index (Phi) is 2.44. The number of azide groups is 1. The molecule has 0 spiro atoms. The van der Waals surface area contributed by atoms with Crippen LogP contribution in [-0.2, 0) is 4.79 Å². The molecule has 0 heterocycles. The van der Waals surface area contributed by atoms with Crippen molar-refractivity contribution in [1.82, 2.24) is 0 Å². The van der Waals surface area contributed by atoms with E-state index in [0.29, 0.717) is 5.92 Å². The summed E-state index contributed by atoms with van der Waals surface area (Å²) in [6.07, 6.45) is 5.77. The molecule has 1 fully saturated rings. The topological polar surface area (TPSA) is 65.8 Å². The van der Waals surface area contributed by atoms with Crippen LogP contribution >= 0.6 is 15.9 Å². The van der Waals surface area contributed by atoms with E-state index in [-0.39, 0.29) is 11.8 Å². The molecular formula is C9H8BrN3O. The molecule has 0 aromatic rings. The van der Waals surface area contributed by atoms with E-state index in [2.05, 4.69) is 26.0 Å². The molecule has 2 atom stereocenters. The molecule has 14 heavy (non-hydrogen) atoms. The van der Waals surface area contributed by atoms with E-state index < -0.39 is 0 Å². The highest BCUT2D eigenvalue weighted by Crippen LogP contribution is 2.48. The number of nitrogens with zero attached hydrogens (tertiary/aromatic N) is 3. The van der Waals surface area contributed by atoms with Gasteiger partial charge in [-0.05, 0) is 27.5 Å². The van der Waals surface area contributed by atoms with Gasteiger partial charge in [0.15, 0.2) is 0 Å². The van der Waals surface area contributed by atoms with Gasteiger partial charge in [-0.15, -0.1) is 0 Å². The second kappa shape index (κ2) is 3.59. The summed E-state index contributed by atoms with van der Waals surface area (Å²) >= 11 is 3.40. The molecule has 0 aromatic heterocycles. The van der Waals surface area contributed by atoms with Gasteiger partial charge in [-0.3, -0.25) is 4.79 Å². The van der Waals surface area contributed by atoms with E-state index >= 15 is 0 Å². The van der Waals surface area contributed by atoms with Gasteiger partial charge in [-0.1, -0.05) is 33.7 Å². The lowest BCUT2D eigenvalue weighted by Gasteiger charge is -1.98. The Morgan fingerprint density at radius 3 is 3.00 bits per heavy atom. The molecule has 0 saturated heterocycles. The molecule has 0 radical (unpaired) electrons. The molecule has 1 saturated carbocycles. The van der Waals surface area contributed by atoms with Crippen LogP contribution in [0.2, 0.25) is 0 Å². The van der Waals surface area contributed by atoms with Crippen LogP contribution in [-0.4, -0.2) is 5.91 Å². The first-order valence-corrected chi connectivity index (χ1v) is 5.15. The second-order valence-electron chi connectivity index (χ2n) is 3.51. The molecule has 1 amide bonds. The zero-order chi connectivity index (χ0) is 10.1. The van der Waals surface area contributed by atoms with Crippen molar-refractivity contribution >= 4 is 21.8 Å². The van der Waals surface area contributed by atoms with Gasteiger partial charge < -0.3 is 0 Å². The number of rotatable bonds is 2. The molecule has 0 aliphatic heterocycles. The molecule has 0 bridgehead atoms. The van der Waals surface area contributed by atoms with E-state index in [4.69, 9.17) is 5.53 Å². The van der Waals surface area contributed by atoms with E-state index in [1.54, 1.807) is 0 Å². The normalized spacial score (nSPS) is 28.9. The van der Waals surface area contributed by atoms with Crippen LogP contribution in [0.3, 0.4) is 0 Å². The Morgan fingerprint density at radius 2 is 2.43 bits per heavy atom. The van der Waals surface area contributed by atoms with Gasteiger partial charge in [0.2, 0.25) is 5.91 Å². The molecule has 2 aliphatic carbocycles. The van der Waals surface area contributed by atoms with E-state index in [0.717, 1.165) is 17.3 Å². The van der Waals surface area contributed by atoms with Gasteiger partial charge in [-0.25, -0.2) is 0 Å². The number of carbonyl (C=O) groups is 1. The molecule has 4 nitrogen and oxygen atoms in total. The van der Waals surface area contributed by atoms with Gasteiger partial charge in [0.05, 0.1) is 0 Å². The van der Waals surface area contributed by atoms with Crippen molar-refractivity contribution in [2.45, 2.75) is 12.8 Å². The van der Waals surface area contributed by atoms with Crippen LogP contribution in [0.25, 0.3) is 10.4 Å². The van der Waals surface area contributed by atoms with Crippen molar-refractivity contribution in [3.8, 4) is 0 Å². The summed E-state index contributed by atoms with van der Waals surface area (Å²) in [5.74, 6) is -0.0790. The van der Waals surface area contributed by atoms with Gasteiger partial charge in [0.25, 0.3) is 0 Å². The Balaban J connectivity index is 1.94. The summed E-state index contributed by atoms with van der Waals surface area (Å²) < 4.78 is 1.15. The van der Waals surface area contributed by atoms with Crippen molar-refractivity contribution in [1.29, 1.82) is 0 Å². The molecule has 2 aliphatic rings. The smallest absolute Gasteiger partial charge is 0.222 e. The third-order valence-electron chi connectivity index (χ3n) is 2.58. The number of allylic oxidation sites excluding steroid dienone is 4. The molecule has 0 N–H and O–H groups in total. The Morgan fingerprint density at radius 1 is 1.64 bits per heavy atom. The fourth-order valence-electron chi connectivity index (χ4n) is 1.76. The monoisotopic (exact) mass is 253 g/mol. The summed E-state index contributed by atoms with van der Waals surface area (Å²) in [5.41, 5.74) is 9.38. The van der Waals surface area contributed by atoms with Gasteiger partial charge in [0.1, 0.15) is 0 Å². The van der Waals surface area contributed by atoms with Gasteiger partial charge in [0, 0.05) is 17.3 Å². The highest BCUT2D eigenvalue weighted by Gasteiger charge is 2.44. The number of amides is 1. The lowest BCUT2D eigenvalue weighted by Crippen LogP contribution is -1.98. The average Bonchev–Trinajstić information content (AvgIpc) is 2.84. The van der Waals surface area contributed by atoms with Crippen LogP contribution in [0, 0.1) is 11.8 Å². The fourth-order valence-corrected chi connectivity index (χ4v) is 2.22. The number of halogens is 1. The highest BCUT2D eigenvalue weighted by molar-refractivity contribution is 9.11.